The molecule has 1 atom stereocenters. The predicted octanol–water partition coefficient (Wildman–Crippen LogP) is 0.998. The van der Waals surface area contributed by atoms with Gasteiger partial charge in [0.2, 0.25) is 10.0 Å². The minimum absolute atomic E-state index is 0.138. The molecular formula is C12H16N2O3S. The first-order valence-corrected chi connectivity index (χ1v) is 7.12. The number of nitrogens with one attached hydrogen (secondary N) is 1. The number of hydrogen-bond acceptors (Lipinski definition) is 4. The van der Waals surface area contributed by atoms with Gasteiger partial charge in [-0.05, 0) is 44.0 Å². The molecule has 0 spiro atoms. The van der Waals surface area contributed by atoms with Crippen LogP contribution in [0.25, 0.3) is 0 Å². The summed E-state index contributed by atoms with van der Waals surface area (Å²) in [5.41, 5.74) is 0.419. The zero-order valence-electron chi connectivity index (χ0n) is 10.1. The van der Waals surface area contributed by atoms with Crippen LogP contribution in [0.15, 0.2) is 29.2 Å². The van der Waals surface area contributed by atoms with Crippen molar-refractivity contribution in [3.05, 3.63) is 29.8 Å². The minimum atomic E-state index is -3.52. The number of nitriles is 1. The number of benzene rings is 1. The van der Waals surface area contributed by atoms with Crippen molar-refractivity contribution in [1.82, 2.24) is 4.72 Å². The Hall–Kier alpha value is -1.42. The van der Waals surface area contributed by atoms with Crippen LogP contribution in [0.4, 0.5) is 0 Å². The van der Waals surface area contributed by atoms with Gasteiger partial charge in [-0.1, -0.05) is 0 Å². The van der Waals surface area contributed by atoms with E-state index in [4.69, 9.17) is 10.4 Å². The summed E-state index contributed by atoms with van der Waals surface area (Å²) in [6, 6.07) is 7.65. The topological polar surface area (TPSA) is 90.2 Å². The summed E-state index contributed by atoms with van der Waals surface area (Å²) in [5.74, 6) is 0. The lowest BCUT2D eigenvalue weighted by Gasteiger charge is -2.07. The fraction of sp³-hybridized carbons (Fsp3) is 0.417. The summed E-state index contributed by atoms with van der Waals surface area (Å²) in [7, 11) is -3.52. The molecule has 0 aromatic heterocycles. The molecule has 0 aliphatic heterocycles. The van der Waals surface area contributed by atoms with Crippen molar-refractivity contribution in [1.29, 1.82) is 5.26 Å². The zero-order valence-corrected chi connectivity index (χ0v) is 10.9. The van der Waals surface area contributed by atoms with E-state index >= 15 is 0 Å². The smallest absolute Gasteiger partial charge is 0.240 e. The molecule has 98 valence electrons. The summed E-state index contributed by atoms with van der Waals surface area (Å²) in [5, 5.41) is 17.7. The Balaban J connectivity index is 2.60. The summed E-state index contributed by atoms with van der Waals surface area (Å²) in [6.07, 6.45) is 0.702. The van der Waals surface area contributed by atoms with E-state index in [2.05, 4.69) is 4.72 Å². The van der Waals surface area contributed by atoms with Gasteiger partial charge in [-0.3, -0.25) is 0 Å². The van der Waals surface area contributed by atoms with Crippen LogP contribution in [0.5, 0.6) is 0 Å². The Morgan fingerprint density at radius 1 is 1.39 bits per heavy atom. The molecule has 0 fully saturated rings. The van der Waals surface area contributed by atoms with E-state index < -0.39 is 16.1 Å². The molecule has 1 aromatic carbocycles. The Labute approximate surface area is 107 Å². The van der Waals surface area contributed by atoms with Gasteiger partial charge in [0.15, 0.2) is 0 Å². The monoisotopic (exact) mass is 268 g/mol. The van der Waals surface area contributed by atoms with Gasteiger partial charge in [-0.15, -0.1) is 0 Å². The third-order valence-electron chi connectivity index (χ3n) is 2.38. The molecule has 6 heteroatoms. The highest BCUT2D eigenvalue weighted by Gasteiger charge is 2.12. The van der Waals surface area contributed by atoms with Crippen molar-refractivity contribution < 1.29 is 13.5 Å². The molecule has 1 rings (SSSR count). The molecule has 0 radical (unpaired) electrons. The average Bonchev–Trinajstić information content (AvgIpc) is 2.34. The average molecular weight is 268 g/mol. The van der Waals surface area contributed by atoms with Crippen LogP contribution in [0, 0.1) is 11.3 Å². The van der Waals surface area contributed by atoms with Crippen molar-refractivity contribution in [2.24, 2.45) is 0 Å². The fourth-order valence-electron chi connectivity index (χ4n) is 1.40. The molecule has 0 saturated carbocycles. The highest BCUT2D eigenvalue weighted by atomic mass is 32.2. The van der Waals surface area contributed by atoms with Gasteiger partial charge >= 0.3 is 0 Å². The third-order valence-corrected chi connectivity index (χ3v) is 3.86. The third kappa shape index (κ3) is 4.45. The number of hydrogen-bond donors (Lipinski definition) is 2. The van der Waals surface area contributed by atoms with Gasteiger partial charge in [0, 0.05) is 6.54 Å². The second kappa shape index (κ2) is 6.50. The molecule has 18 heavy (non-hydrogen) atoms. The highest BCUT2D eigenvalue weighted by molar-refractivity contribution is 7.89. The summed E-state index contributed by atoms with van der Waals surface area (Å²) >= 11 is 0. The van der Waals surface area contributed by atoms with Crippen LogP contribution in [-0.4, -0.2) is 26.2 Å². The zero-order chi connectivity index (χ0) is 13.6. The van der Waals surface area contributed by atoms with Gasteiger partial charge in [0.05, 0.1) is 22.6 Å². The van der Waals surface area contributed by atoms with Gasteiger partial charge < -0.3 is 5.11 Å². The normalized spacial score (nSPS) is 12.9. The lowest BCUT2D eigenvalue weighted by molar-refractivity contribution is 0.182. The van der Waals surface area contributed by atoms with Crippen molar-refractivity contribution in [3.8, 4) is 6.07 Å². The first kappa shape index (κ1) is 14.6. The van der Waals surface area contributed by atoms with Crippen LogP contribution in [0.1, 0.15) is 25.3 Å². The number of rotatable bonds is 6. The molecule has 0 amide bonds. The Morgan fingerprint density at radius 2 is 2.00 bits per heavy atom. The van der Waals surface area contributed by atoms with Crippen LogP contribution < -0.4 is 4.72 Å². The van der Waals surface area contributed by atoms with Crippen LogP contribution >= 0.6 is 0 Å². The van der Waals surface area contributed by atoms with E-state index in [1.807, 2.05) is 6.07 Å². The largest absolute Gasteiger partial charge is 0.393 e. The summed E-state index contributed by atoms with van der Waals surface area (Å²) in [6.45, 7) is 1.95. The number of aliphatic hydroxyl groups excluding tert-OH is 1. The fourth-order valence-corrected chi connectivity index (χ4v) is 2.47. The molecule has 1 unspecified atom stereocenters. The maximum Gasteiger partial charge on any atom is 0.240 e. The quantitative estimate of drug-likeness (QED) is 0.753. The second-order valence-electron chi connectivity index (χ2n) is 4.03. The van der Waals surface area contributed by atoms with E-state index in [1.165, 1.54) is 24.3 Å². The van der Waals surface area contributed by atoms with Gasteiger partial charge in [-0.25, -0.2) is 13.1 Å². The number of sulfonamides is 1. The van der Waals surface area contributed by atoms with Crippen molar-refractivity contribution >= 4 is 10.0 Å². The van der Waals surface area contributed by atoms with E-state index in [0.717, 1.165) is 0 Å². The molecule has 0 aliphatic rings. The first-order chi connectivity index (χ1) is 8.45. The molecule has 0 heterocycles. The highest BCUT2D eigenvalue weighted by Crippen LogP contribution is 2.10. The van der Waals surface area contributed by atoms with E-state index in [1.54, 1.807) is 6.92 Å². The Kier molecular flexibility index (Phi) is 5.28. The second-order valence-corrected chi connectivity index (χ2v) is 5.79. The van der Waals surface area contributed by atoms with Crippen LogP contribution in [-0.2, 0) is 10.0 Å². The SMILES string of the molecule is CC(O)CCCNS(=O)(=O)c1ccc(C#N)cc1. The predicted molar refractivity (Wildman–Crippen MR) is 67.3 cm³/mol. The Bertz CT molecular complexity index is 515. The maximum absolute atomic E-state index is 11.8. The standard InChI is InChI=1S/C12H16N2O3S/c1-10(15)3-2-8-14-18(16,17)12-6-4-11(9-13)5-7-12/h4-7,10,14-15H,2-3,8H2,1H3. The summed E-state index contributed by atoms with van der Waals surface area (Å²) in [4.78, 5) is 0.138. The van der Waals surface area contributed by atoms with Crippen molar-refractivity contribution in [3.63, 3.8) is 0 Å². The van der Waals surface area contributed by atoms with Crippen LogP contribution in [0.2, 0.25) is 0 Å². The maximum atomic E-state index is 11.8. The molecule has 2 N–H and O–H groups in total. The molecule has 1 aromatic rings. The van der Waals surface area contributed by atoms with Crippen LogP contribution in [0.3, 0.4) is 0 Å². The molecule has 0 aliphatic carbocycles. The molecule has 0 saturated heterocycles. The minimum Gasteiger partial charge on any atom is -0.393 e. The number of nitrogens with zero attached hydrogens (tertiary/aromatic N) is 1. The lowest BCUT2D eigenvalue weighted by Crippen LogP contribution is -2.25. The first-order valence-electron chi connectivity index (χ1n) is 5.63. The van der Waals surface area contributed by atoms with Gasteiger partial charge in [0.1, 0.15) is 0 Å². The molecular weight excluding hydrogens is 252 g/mol. The van der Waals surface area contributed by atoms with E-state index in [-0.39, 0.29) is 11.4 Å². The van der Waals surface area contributed by atoms with E-state index in [9.17, 15) is 8.42 Å². The van der Waals surface area contributed by atoms with Gasteiger partial charge in [0.25, 0.3) is 0 Å². The van der Waals surface area contributed by atoms with Crippen molar-refractivity contribution in [2.45, 2.75) is 30.8 Å². The molecule has 5 nitrogen and oxygen atoms in total. The van der Waals surface area contributed by atoms with E-state index in [0.29, 0.717) is 18.4 Å². The summed E-state index contributed by atoms with van der Waals surface area (Å²) < 4.78 is 26.1. The number of aliphatic hydroxyl groups is 1. The lowest BCUT2D eigenvalue weighted by atomic mass is 10.2. The molecule has 0 bridgehead atoms. The van der Waals surface area contributed by atoms with Crippen molar-refractivity contribution in [2.75, 3.05) is 6.54 Å². The Morgan fingerprint density at radius 3 is 2.50 bits per heavy atom. The van der Waals surface area contributed by atoms with Gasteiger partial charge in [-0.2, -0.15) is 5.26 Å².